The molecular weight excluding hydrogens is 237 g/mol. The van der Waals surface area contributed by atoms with Gasteiger partial charge in [0, 0.05) is 19.7 Å². The average molecular weight is 254 g/mol. The zero-order valence-corrected chi connectivity index (χ0v) is 9.46. The monoisotopic (exact) mass is 254 g/mol. The van der Waals surface area contributed by atoms with E-state index in [1.54, 1.807) is 0 Å². The van der Waals surface area contributed by atoms with Crippen molar-refractivity contribution in [1.29, 1.82) is 0 Å². The van der Waals surface area contributed by atoms with Gasteiger partial charge in [-0.15, -0.1) is 0 Å². The van der Waals surface area contributed by atoms with E-state index in [0.29, 0.717) is 13.0 Å². The van der Waals surface area contributed by atoms with Crippen molar-refractivity contribution in [2.75, 3.05) is 32.8 Å². The quantitative estimate of drug-likeness (QED) is 0.697. The lowest BCUT2D eigenvalue weighted by Crippen LogP contribution is -2.38. The highest BCUT2D eigenvalue weighted by atomic mass is 19.4. The third-order valence-corrected chi connectivity index (χ3v) is 2.82. The number of halogens is 3. The summed E-state index contributed by atoms with van der Waals surface area (Å²) in [5, 5.41) is 10.7. The Morgan fingerprint density at radius 1 is 1.47 bits per heavy atom. The number of hydrogen-bond acceptors (Lipinski definition) is 3. The minimum Gasteiger partial charge on any atom is -0.396 e. The van der Waals surface area contributed by atoms with Crippen molar-refractivity contribution in [1.82, 2.24) is 10.2 Å². The van der Waals surface area contributed by atoms with Crippen LogP contribution < -0.4 is 5.32 Å². The van der Waals surface area contributed by atoms with Gasteiger partial charge in [-0.3, -0.25) is 4.79 Å². The van der Waals surface area contributed by atoms with Crippen LogP contribution in [0.2, 0.25) is 0 Å². The maximum absolute atomic E-state index is 11.8. The molecule has 1 aliphatic heterocycles. The molecule has 0 aliphatic carbocycles. The average Bonchev–Trinajstić information content (AvgIpc) is 2.70. The van der Waals surface area contributed by atoms with E-state index in [4.69, 9.17) is 5.11 Å². The normalized spacial score (nSPS) is 21.8. The molecule has 0 saturated carbocycles. The van der Waals surface area contributed by atoms with Gasteiger partial charge in [-0.2, -0.15) is 13.2 Å². The fraction of sp³-hybridized carbons (Fsp3) is 0.900. The summed E-state index contributed by atoms with van der Waals surface area (Å²) in [6.07, 6.45) is -3.39. The van der Waals surface area contributed by atoms with E-state index in [1.165, 1.54) is 0 Å². The molecule has 2 N–H and O–H groups in total. The number of alkyl halides is 3. The smallest absolute Gasteiger partial charge is 0.396 e. The molecule has 0 aromatic heterocycles. The van der Waals surface area contributed by atoms with Crippen LogP contribution in [0.15, 0.2) is 0 Å². The van der Waals surface area contributed by atoms with E-state index in [2.05, 4.69) is 4.90 Å². The van der Waals surface area contributed by atoms with Gasteiger partial charge in [-0.25, -0.2) is 0 Å². The van der Waals surface area contributed by atoms with Gasteiger partial charge in [-0.1, -0.05) is 0 Å². The summed E-state index contributed by atoms with van der Waals surface area (Å²) in [7, 11) is 0. The standard InChI is InChI=1S/C10H17F3N2O2/c11-10(12,13)9(17)14-3-1-4-15-5-2-8(6-15)7-16/h8,16H,1-7H2,(H,14,17). The van der Waals surface area contributed by atoms with Crippen LogP contribution >= 0.6 is 0 Å². The summed E-state index contributed by atoms with van der Waals surface area (Å²) in [5.41, 5.74) is 0. The second-order valence-corrected chi connectivity index (χ2v) is 4.25. The lowest BCUT2D eigenvalue weighted by Gasteiger charge is -2.15. The first-order chi connectivity index (χ1) is 7.93. The zero-order valence-electron chi connectivity index (χ0n) is 9.46. The molecule has 1 heterocycles. The molecule has 4 nitrogen and oxygen atoms in total. The molecule has 1 unspecified atom stereocenters. The molecule has 1 amide bonds. The number of carbonyl (C=O) groups excluding carboxylic acids is 1. The molecule has 1 fully saturated rings. The highest BCUT2D eigenvalue weighted by Crippen LogP contribution is 2.15. The van der Waals surface area contributed by atoms with Crippen molar-refractivity contribution < 1.29 is 23.1 Å². The molecule has 0 spiro atoms. The van der Waals surface area contributed by atoms with E-state index in [1.807, 2.05) is 5.32 Å². The Labute approximate surface area is 97.8 Å². The first kappa shape index (κ1) is 14.2. The van der Waals surface area contributed by atoms with E-state index in [9.17, 15) is 18.0 Å². The van der Waals surface area contributed by atoms with Crippen LogP contribution in [0.25, 0.3) is 0 Å². The highest BCUT2D eigenvalue weighted by molar-refractivity contribution is 5.81. The minimum absolute atomic E-state index is 0.0264. The maximum atomic E-state index is 11.8. The van der Waals surface area contributed by atoms with Crippen LogP contribution in [0.4, 0.5) is 13.2 Å². The summed E-state index contributed by atoms with van der Waals surface area (Å²) in [5.74, 6) is -1.60. The Morgan fingerprint density at radius 2 is 2.18 bits per heavy atom. The van der Waals surface area contributed by atoms with Crippen molar-refractivity contribution in [3.8, 4) is 0 Å². The van der Waals surface area contributed by atoms with E-state index >= 15 is 0 Å². The molecule has 1 saturated heterocycles. The Balaban J connectivity index is 2.07. The van der Waals surface area contributed by atoms with Crippen LogP contribution in [-0.2, 0) is 4.79 Å². The second-order valence-electron chi connectivity index (χ2n) is 4.25. The Hall–Kier alpha value is -0.820. The molecule has 1 rings (SSSR count). The summed E-state index contributed by atoms with van der Waals surface area (Å²) >= 11 is 0. The molecule has 1 atom stereocenters. The number of aliphatic hydroxyl groups excluding tert-OH is 1. The summed E-state index contributed by atoms with van der Waals surface area (Å²) in [6, 6.07) is 0. The number of rotatable bonds is 5. The van der Waals surface area contributed by atoms with Gasteiger partial charge in [0.05, 0.1) is 0 Å². The van der Waals surface area contributed by atoms with Crippen molar-refractivity contribution in [3.63, 3.8) is 0 Å². The maximum Gasteiger partial charge on any atom is 0.471 e. The SMILES string of the molecule is O=C(NCCCN1CCC(CO)C1)C(F)(F)F. The number of nitrogens with zero attached hydrogens (tertiary/aromatic N) is 1. The molecule has 7 heteroatoms. The number of hydrogen-bond donors (Lipinski definition) is 2. The highest BCUT2D eigenvalue weighted by Gasteiger charge is 2.38. The van der Waals surface area contributed by atoms with E-state index in [0.717, 1.165) is 19.5 Å². The van der Waals surface area contributed by atoms with E-state index in [-0.39, 0.29) is 19.1 Å². The van der Waals surface area contributed by atoms with Gasteiger partial charge >= 0.3 is 12.1 Å². The van der Waals surface area contributed by atoms with Gasteiger partial charge in [0.1, 0.15) is 0 Å². The zero-order chi connectivity index (χ0) is 12.9. The predicted octanol–water partition coefficient (Wildman–Crippen LogP) is 0.369. The fourth-order valence-corrected chi connectivity index (χ4v) is 1.87. The molecule has 17 heavy (non-hydrogen) atoms. The molecule has 0 bridgehead atoms. The Bertz CT molecular complexity index is 258. The Morgan fingerprint density at radius 3 is 2.71 bits per heavy atom. The number of likely N-dealkylation sites (tertiary alicyclic amines) is 1. The van der Waals surface area contributed by atoms with Gasteiger partial charge in [0.15, 0.2) is 0 Å². The first-order valence-electron chi connectivity index (χ1n) is 5.61. The summed E-state index contributed by atoms with van der Waals surface area (Å²) in [4.78, 5) is 12.6. The van der Waals surface area contributed by atoms with Gasteiger partial charge in [0.2, 0.25) is 0 Å². The lowest BCUT2D eigenvalue weighted by atomic mass is 10.1. The van der Waals surface area contributed by atoms with Crippen molar-refractivity contribution >= 4 is 5.91 Å². The van der Waals surface area contributed by atoms with Gasteiger partial charge < -0.3 is 15.3 Å². The fourth-order valence-electron chi connectivity index (χ4n) is 1.87. The number of carbonyl (C=O) groups is 1. The van der Waals surface area contributed by atoms with Crippen molar-refractivity contribution in [2.45, 2.75) is 19.0 Å². The Kier molecular flexibility index (Phi) is 5.20. The summed E-state index contributed by atoms with van der Waals surface area (Å²) < 4.78 is 35.5. The van der Waals surface area contributed by atoms with Crippen molar-refractivity contribution in [2.24, 2.45) is 5.92 Å². The third kappa shape index (κ3) is 4.91. The predicted molar refractivity (Wildman–Crippen MR) is 55.3 cm³/mol. The van der Waals surface area contributed by atoms with Gasteiger partial charge in [0.25, 0.3) is 0 Å². The number of aliphatic hydroxyl groups is 1. The molecular formula is C10H17F3N2O2. The van der Waals surface area contributed by atoms with Crippen LogP contribution in [0.3, 0.4) is 0 Å². The number of amides is 1. The first-order valence-corrected chi connectivity index (χ1v) is 5.61. The molecule has 0 aromatic carbocycles. The summed E-state index contributed by atoms with van der Waals surface area (Å²) in [6.45, 7) is 2.47. The largest absolute Gasteiger partial charge is 0.471 e. The topological polar surface area (TPSA) is 52.6 Å². The third-order valence-electron chi connectivity index (χ3n) is 2.82. The molecule has 1 aliphatic rings. The molecule has 0 aromatic rings. The minimum atomic E-state index is -4.80. The number of nitrogens with one attached hydrogen (secondary N) is 1. The van der Waals surface area contributed by atoms with Gasteiger partial charge in [-0.05, 0) is 31.8 Å². The van der Waals surface area contributed by atoms with Crippen LogP contribution in [0.1, 0.15) is 12.8 Å². The second kappa shape index (κ2) is 6.20. The molecule has 0 radical (unpaired) electrons. The lowest BCUT2D eigenvalue weighted by molar-refractivity contribution is -0.173. The van der Waals surface area contributed by atoms with Crippen molar-refractivity contribution in [3.05, 3.63) is 0 Å². The van der Waals surface area contributed by atoms with Crippen LogP contribution in [0, 0.1) is 5.92 Å². The van der Waals surface area contributed by atoms with E-state index < -0.39 is 12.1 Å². The van der Waals surface area contributed by atoms with Crippen LogP contribution in [-0.4, -0.2) is 54.9 Å². The molecule has 100 valence electrons. The van der Waals surface area contributed by atoms with Crippen LogP contribution in [0.5, 0.6) is 0 Å².